The van der Waals surface area contributed by atoms with Crippen molar-refractivity contribution in [3.63, 3.8) is 0 Å². The summed E-state index contributed by atoms with van der Waals surface area (Å²) in [5, 5.41) is 9.33. The maximum Gasteiger partial charge on any atom is 0.0912 e. The summed E-state index contributed by atoms with van der Waals surface area (Å²) in [6, 6.07) is 7.73. The lowest BCUT2D eigenvalue weighted by Gasteiger charge is -2.07. The van der Waals surface area contributed by atoms with Crippen LogP contribution in [0.2, 0.25) is 0 Å². The highest BCUT2D eigenvalue weighted by molar-refractivity contribution is 5.24. The first kappa shape index (κ1) is 8.24. The van der Waals surface area contributed by atoms with E-state index in [1.54, 1.807) is 0 Å². The summed E-state index contributed by atoms with van der Waals surface area (Å²) in [6.07, 6.45) is -0.519. The Morgan fingerprint density at radius 2 is 2.27 bits per heavy atom. The van der Waals surface area contributed by atoms with Crippen LogP contribution < -0.4 is 5.73 Å². The average molecular weight is 151 g/mol. The molecule has 11 heavy (non-hydrogen) atoms. The van der Waals surface area contributed by atoms with E-state index in [4.69, 9.17) is 5.73 Å². The van der Waals surface area contributed by atoms with E-state index in [0.717, 1.165) is 11.1 Å². The molecular formula is C9H13NO. The van der Waals surface area contributed by atoms with E-state index >= 15 is 0 Å². The third kappa shape index (κ3) is 2.03. The van der Waals surface area contributed by atoms with Crippen LogP contribution in [0.4, 0.5) is 0 Å². The largest absolute Gasteiger partial charge is 0.387 e. The van der Waals surface area contributed by atoms with Crippen LogP contribution in [-0.4, -0.2) is 11.7 Å². The maximum absolute atomic E-state index is 9.33. The van der Waals surface area contributed by atoms with E-state index in [9.17, 15) is 5.11 Å². The van der Waals surface area contributed by atoms with Gasteiger partial charge >= 0.3 is 0 Å². The minimum atomic E-state index is -0.519. The summed E-state index contributed by atoms with van der Waals surface area (Å²) in [7, 11) is 0. The highest BCUT2D eigenvalue weighted by Gasteiger charge is 2.02. The zero-order valence-electron chi connectivity index (χ0n) is 6.62. The molecule has 0 aliphatic carbocycles. The molecule has 0 saturated heterocycles. The van der Waals surface area contributed by atoms with Crippen LogP contribution in [0.25, 0.3) is 0 Å². The molecule has 0 amide bonds. The first-order chi connectivity index (χ1) is 5.24. The van der Waals surface area contributed by atoms with Crippen molar-refractivity contribution < 1.29 is 5.11 Å². The lowest BCUT2D eigenvalue weighted by Crippen LogP contribution is -2.11. The molecule has 1 atom stereocenters. The Balaban J connectivity index is 2.86. The van der Waals surface area contributed by atoms with Gasteiger partial charge in [0.25, 0.3) is 0 Å². The summed E-state index contributed by atoms with van der Waals surface area (Å²) >= 11 is 0. The van der Waals surface area contributed by atoms with Gasteiger partial charge in [-0.05, 0) is 12.5 Å². The van der Waals surface area contributed by atoms with Crippen LogP contribution in [0.3, 0.4) is 0 Å². The van der Waals surface area contributed by atoms with Crippen molar-refractivity contribution in [2.75, 3.05) is 6.54 Å². The summed E-state index contributed by atoms with van der Waals surface area (Å²) in [4.78, 5) is 0. The molecule has 0 aliphatic heterocycles. The molecule has 0 aromatic heterocycles. The van der Waals surface area contributed by atoms with E-state index in [0.29, 0.717) is 0 Å². The number of hydrogen-bond acceptors (Lipinski definition) is 2. The van der Waals surface area contributed by atoms with Gasteiger partial charge in [0.05, 0.1) is 6.10 Å². The molecule has 0 aliphatic rings. The number of hydrogen-bond donors (Lipinski definition) is 2. The summed E-state index contributed by atoms with van der Waals surface area (Å²) < 4.78 is 0. The van der Waals surface area contributed by atoms with Crippen molar-refractivity contribution >= 4 is 0 Å². The predicted molar refractivity (Wildman–Crippen MR) is 45.2 cm³/mol. The second-order valence-corrected chi connectivity index (χ2v) is 2.67. The van der Waals surface area contributed by atoms with E-state index in [2.05, 4.69) is 0 Å². The molecule has 0 spiro atoms. The van der Waals surface area contributed by atoms with E-state index < -0.39 is 6.10 Å². The standard InChI is InChI=1S/C9H13NO/c1-7-3-2-4-8(5-7)9(11)6-10/h2-5,9,11H,6,10H2,1H3/t9-/m0/s1. The van der Waals surface area contributed by atoms with Crippen LogP contribution in [-0.2, 0) is 0 Å². The molecule has 2 nitrogen and oxygen atoms in total. The van der Waals surface area contributed by atoms with Gasteiger partial charge in [0.15, 0.2) is 0 Å². The SMILES string of the molecule is Cc1cccc([C@@H](O)CN)c1. The first-order valence-corrected chi connectivity index (χ1v) is 3.68. The second kappa shape index (κ2) is 3.51. The van der Waals surface area contributed by atoms with Crippen molar-refractivity contribution in [2.45, 2.75) is 13.0 Å². The molecule has 60 valence electrons. The van der Waals surface area contributed by atoms with Gasteiger partial charge in [-0.15, -0.1) is 0 Å². The zero-order chi connectivity index (χ0) is 8.27. The molecule has 1 aromatic rings. The van der Waals surface area contributed by atoms with Crippen molar-refractivity contribution in [3.8, 4) is 0 Å². The number of nitrogens with two attached hydrogens (primary N) is 1. The quantitative estimate of drug-likeness (QED) is 0.662. The van der Waals surface area contributed by atoms with Gasteiger partial charge in [-0.2, -0.15) is 0 Å². The van der Waals surface area contributed by atoms with Crippen LogP contribution >= 0.6 is 0 Å². The molecule has 1 rings (SSSR count). The topological polar surface area (TPSA) is 46.2 Å². The molecule has 0 saturated carbocycles. The third-order valence-electron chi connectivity index (χ3n) is 1.65. The zero-order valence-corrected chi connectivity index (χ0v) is 6.62. The number of benzene rings is 1. The minimum Gasteiger partial charge on any atom is -0.387 e. The van der Waals surface area contributed by atoms with Crippen molar-refractivity contribution in [2.24, 2.45) is 5.73 Å². The number of aliphatic hydroxyl groups is 1. The molecule has 3 N–H and O–H groups in total. The smallest absolute Gasteiger partial charge is 0.0912 e. The van der Waals surface area contributed by atoms with Gasteiger partial charge in [-0.1, -0.05) is 29.8 Å². The number of aryl methyl sites for hydroxylation is 1. The third-order valence-corrected chi connectivity index (χ3v) is 1.65. The fraction of sp³-hybridized carbons (Fsp3) is 0.333. The van der Waals surface area contributed by atoms with Gasteiger partial charge in [-0.3, -0.25) is 0 Å². The lowest BCUT2D eigenvalue weighted by atomic mass is 10.1. The normalized spacial score (nSPS) is 13.0. The minimum absolute atomic E-state index is 0.281. The van der Waals surface area contributed by atoms with E-state index in [1.165, 1.54) is 0 Å². The second-order valence-electron chi connectivity index (χ2n) is 2.67. The van der Waals surface area contributed by atoms with Crippen LogP contribution in [0.15, 0.2) is 24.3 Å². The summed E-state index contributed by atoms with van der Waals surface area (Å²) in [6.45, 7) is 2.27. The Morgan fingerprint density at radius 1 is 1.55 bits per heavy atom. The monoisotopic (exact) mass is 151 g/mol. The summed E-state index contributed by atoms with van der Waals surface area (Å²) in [5.41, 5.74) is 7.35. The van der Waals surface area contributed by atoms with Crippen LogP contribution in [0, 0.1) is 6.92 Å². The van der Waals surface area contributed by atoms with Gasteiger partial charge in [-0.25, -0.2) is 0 Å². The molecule has 2 heteroatoms. The Labute approximate surface area is 66.7 Å². The molecular weight excluding hydrogens is 138 g/mol. The molecule has 0 fully saturated rings. The van der Waals surface area contributed by atoms with E-state index in [1.807, 2.05) is 31.2 Å². The Morgan fingerprint density at radius 3 is 2.82 bits per heavy atom. The number of rotatable bonds is 2. The van der Waals surface area contributed by atoms with Gasteiger partial charge in [0.1, 0.15) is 0 Å². The predicted octanol–water partition coefficient (Wildman–Crippen LogP) is 0.987. The Kier molecular flexibility index (Phi) is 2.63. The van der Waals surface area contributed by atoms with Gasteiger partial charge in [0.2, 0.25) is 0 Å². The fourth-order valence-corrected chi connectivity index (χ4v) is 1.01. The molecule has 1 aromatic carbocycles. The Hall–Kier alpha value is -0.860. The molecule has 0 radical (unpaired) electrons. The lowest BCUT2D eigenvalue weighted by molar-refractivity contribution is 0.186. The van der Waals surface area contributed by atoms with Crippen molar-refractivity contribution in [3.05, 3.63) is 35.4 Å². The highest BCUT2D eigenvalue weighted by Crippen LogP contribution is 2.12. The highest BCUT2D eigenvalue weighted by atomic mass is 16.3. The molecule has 0 heterocycles. The number of aliphatic hydroxyl groups excluding tert-OH is 1. The molecule has 0 unspecified atom stereocenters. The van der Waals surface area contributed by atoms with Crippen LogP contribution in [0.1, 0.15) is 17.2 Å². The van der Waals surface area contributed by atoms with Crippen molar-refractivity contribution in [1.29, 1.82) is 0 Å². The van der Waals surface area contributed by atoms with Crippen LogP contribution in [0.5, 0.6) is 0 Å². The maximum atomic E-state index is 9.33. The van der Waals surface area contributed by atoms with Gasteiger partial charge < -0.3 is 10.8 Å². The Bertz CT molecular complexity index is 235. The summed E-state index contributed by atoms with van der Waals surface area (Å²) in [5.74, 6) is 0. The fourth-order valence-electron chi connectivity index (χ4n) is 1.01. The molecule has 0 bridgehead atoms. The average Bonchev–Trinajstić information content (AvgIpc) is 2.03. The van der Waals surface area contributed by atoms with Gasteiger partial charge in [0, 0.05) is 6.54 Å². The van der Waals surface area contributed by atoms with E-state index in [-0.39, 0.29) is 6.54 Å². The first-order valence-electron chi connectivity index (χ1n) is 3.68. The van der Waals surface area contributed by atoms with Crippen molar-refractivity contribution in [1.82, 2.24) is 0 Å².